The quantitative estimate of drug-likeness (QED) is 0.797. The molecule has 0 spiro atoms. The molecule has 4 heteroatoms. The lowest BCUT2D eigenvalue weighted by Crippen LogP contribution is -1.95. The van der Waals surface area contributed by atoms with Crippen molar-refractivity contribution in [3.63, 3.8) is 0 Å². The Morgan fingerprint density at radius 3 is 2.81 bits per heavy atom. The minimum Gasteiger partial charge on any atom is -0.384 e. The number of nitrogens with one attached hydrogen (secondary N) is 1. The molecule has 0 atom stereocenters. The fraction of sp³-hybridized carbons (Fsp3) is 0. The highest BCUT2D eigenvalue weighted by Crippen LogP contribution is 2.20. The van der Waals surface area contributed by atoms with Gasteiger partial charge in [0.2, 0.25) is 0 Å². The minimum atomic E-state index is 0.444. The molecule has 0 unspecified atom stereocenters. The second kappa shape index (κ2) is 4.32. The first kappa shape index (κ1) is 9.99. The number of anilines is 3. The molecule has 0 aliphatic heterocycles. The third-order valence-corrected chi connectivity index (χ3v) is 2.11. The molecular formula is C12H10N4. The van der Waals surface area contributed by atoms with Crippen molar-refractivity contribution in [2.45, 2.75) is 0 Å². The van der Waals surface area contributed by atoms with Gasteiger partial charge in [0.05, 0.1) is 11.3 Å². The largest absolute Gasteiger partial charge is 0.384 e. The Hall–Kier alpha value is -2.54. The maximum absolute atomic E-state index is 8.92. The summed E-state index contributed by atoms with van der Waals surface area (Å²) in [7, 11) is 0. The van der Waals surface area contributed by atoms with Crippen LogP contribution in [0.4, 0.5) is 17.2 Å². The summed E-state index contributed by atoms with van der Waals surface area (Å²) in [6, 6.07) is 12.9. The fourth-order valence-corrected chi connectivity index (χ4v) is 1.37. The summed E-state index contributed by atoms with van der Waals surface area (Å²) >= 11 is 0. The van der Waals surface area contributed by atoms with Gasteiger partial charge in [0.1, 0.15) is 11.9 Å². The molecule has 1 heterocycles. The van der Waals surface area contributed by atoms with E-state index in [1.54, 1.807) is 24.4 Å². The van der Waals surface area contributed by atoms with E-state index in [4.69, 9.17) is 11.0 Å². The summed E-state index contributed by atoms with van der Waals surface area (Å²) in [6.07, 6.45) is 1.62. The lowest BCUT2D eigenvalue weighted by molar-refractivity contribution is 1.33. The first-order chi connectivity index (χ1) is 7.79. The lowest BCUT2D eigenvalue weighted by atomic mass is 10.2. The van der Waals surface area contributed by atoms with Crippen LogP contribution < -0.4 is 11.1 Å². The van der Waals surface area contributed by atoms with Crippen molar-refractivity contribution in [3.05, 3.63) is 48.2 Å². The Bertz CT molecular complexity index is 543. The van der Waals surface area contributed by atoms with Gasteiger partial charge in [-0.05, 0) is 18.2 Å². The van der Waals surface area contributed by atoms with Gasteiger partial charge in [-0.2, -0.15) is 5.26 Å². The number of nitriles is 1. The minimum absolute atomic E-state index is 0.444. The molecule has 0 saturated carbocycles. The number of aromatic nitrogens is 1. The third-order valence-electron chi connectivity index (χ3n) is 2.11. The van der Waals surface area contributed by atoms with Crippen LogP contribution in [0.2, 0.25) is 0 Å². The van der Waals surface area contributed by atoms with Crippen molar-refractivity contribution >= 4 is 17.2 Å². The maximum atomic E-state index is 8.92. The molecule has 1 aromatic carbocycles. The summed E-state index contributed by atoms with van der Waals surface area (Å²) in [4.78, 5) is 3.90. The zero-order valence-electron chi connectivity index (χ0n) is 8.51. The molecule has 2 aromatic rings. The number of hydrogen-bond acceptors (Lipinski definition) is 4. The highest BCUT2D eigenvalue weighted by molar-refractivity contribution is 5.67. The zero-order valence-corrected chi connectivity index (χ0v) is 8.51. The van der Waals surface area contributed by atoms with Gasteiger partial charge >= 0.3 is 0 Å². The van der Waals surface area contributed by atoms with Crippen LogP contribution in [0.25, 0.3) is 0 Å². The third kappa shape index (κ3) is 2.10. The number of nitrogens with two attached hydrogens (primary N) is 1. The molecule has 1 aromatic heterocycles. The first-order valence-corrected chi connectivity index (χ1v) is 4.77. The van der Waals surface area contributed by atoms with Crippen LogP contribution in [0, 0.1) is 11.3 Å². The van der Waals surface area contributed by atoms with Crippen LogP contribution in [0.15, 0.2) is 42.6 Å². The number of hydrogen-bond donors (Lipinski definition) is 2. The molecule has 2 rings (SSSR count). The number of para-hydroxylation sites is 1. The Morgan fingerprint density at radius 1 is 1.25 bits per heavy atom. The molecule has 78 valence electrons. The van der Waals surface area contributed by atoms with E-state index in [0.717, 1.165) is 11.4 Å². The molecule has 0 amide bonds. The smallest absolute Gasteiger partial charge is 0.125 e. The van der Waals surface area contributed by atoms with Gasteiger partial charge in [0.15, 0.2) is 0 Å². The Kier molecular flexibility index (Phi) is 2.70. The van der Waals surface area contributed by atoms with E-state index in [9.17, 15) is 0 Å². The second-order valence-electron chi connectivity index (χ2n) is 3.25. The molecule has 0 aliphatic carbocycles. The molecule has 3 N–H and O–H groups in total. The van der Waals surface area contributed by atoms with E-state index in [1.807, 2.05) is 18.2 Å². The van der Waals surface area contributed by atoms with E-state index < -0.39 is 0 Å². The average Bonchev–Trinajstić information content (AvgIpc) is 2.30. The van der Waals surface area contributed by atoms with Gasteiger partial charge in [-0.25, -0.2) is 4.98 Å². The van der Waals surface area contributed by atoms with E-state index in [0.29, 0.717) is 11.4 Å². The highest BCUT2D eigenvalue weighted by Gasteiger charge is 2.00. The van der Waals surface area contributed by atoms with Crippen molar-refractivity contribution in [2.24, 2.45) is 0 Å². The van der Waals surface area contributed by atoms with Crippen molar-refractivity contribution in [1.82, 2.24) is 4.98 Å². The van der Waals surface area contributed by atoms with Crippen molar-refractivity contribution in [2.75, 3.05) is 11.1 Å². The second-order valence-corrected chi connectivity index (χ2v) is 3.25. The Balaban J connectivity index is 2.31. The summed E-state index contributed by atoms with van der Waals surface area (Å²) in [5.41, 5.74) is 7.74. The number of nitrogen functional groups attached to an aromatic ring is 1. The molecule has 16 heavy (non-hydrogen) atoms. The van der Waals surface area contributed by atoms with E-state index >= 15 is 0 Å². The maximum Gasteiger partial charge on any atom is 0.125 e. The highest BCUT2D eigenvalue weighted by atomic mass is 14.9. The van der Waals surface area contributed by atoms with Crippen LogP contribution in [0.3, 0.4) is 0 Å². The monoisotopic (exact) mass is 210 g/mol. The topological polar surface area (TPSA) is 74.7 Å². The number of pyridine rings is 1. The fourth-order valence-electron chi connectivity index (χ4n) is 1.37. The van der Waals surface area contributed by atoms with Gasteiger partial charge < -0.3 is 11.1 Å². The van der Waals surface area contributed by atoms with Gasteiger partial charge in [-0.15, -0.1) is 0 Å². The predicted molar refractivity (Wildman–Crippen MR) is 63.1 cm³/mol. The normalized spacial score (nSPS) is 9.44. The summed E-state index contributed by atoms with van der Waals surface area (Å²) in [5.74, 6) is 0.444. The van der Waals surface area contributed by atoms with Gasteiger partial charge in [-0.3, -0.25) is 0 Å². The number of rotatable bonds is 2. The number of nitrogens with zero attached hydrogens (tertiary/aromatic N) is 2. The van der Waals surface area contributed by atoms with Crippen LogP contribution in [-0.4, -0.2) is 4.98 Å². The summed E-state index contributed by atoms with van der Waals surface area (Å²) in [5, 5.41) is 12.0. The molecular weight excluding hydrogens is 200 g/mol. The standard InChI is InChI=1S/C12H10N4/c13-8-9-3-1-2-4-11(9)16-10-5-6-15-12(14)7-10/h1-7H,(H3,14,15,16). The van der Waals surface area contributed by atoms with E-state index in [2.05, 4.69) is 16.4 Å². The summed E-state index contributed by atoms with van der Waals surface area (Å²) in [6.45, 7) is 0. The molecule has 0 radical (unpaired) electrons. The molecule has 0 fully saturated rings. The average molecular weight is 210 g/mol. The van der Waals surface area contributed by atoms with Crippen molar-refractivity contribution < 1.29 is 0 Å². The Labute approximate surface area is 93.4 Å². The van der Waals surface area contributed by atoms with Crippen LogP contribution in [0.1, 0.15) is 5.56 Å². The molecule has 4 nitrogen and oxygen atoms in total. The lowest BCUT2D eigenvalue weighted by Gasteiger charge is -2.07. The van der Waals surface area contributed by atoms with E-state index in [1.165, 1.54) is 0 Å². The molecule has 0 aliphatic rings. The van der Waals surface area contributed by atoms with Crippen LogP contribution in [0.5, 0.6) is 0 Å². The van der Waals surface area contributed by atoms with Crippen LogP contribution in [-0.2, 0) is 0 Å². The molecule has 0 saturated heterocycles. The van der Waals surface area contributed by atoms with Crippen LogP contribution >= 0.6 is 0 Å². The zero-order chi connectivity index (χ0) is 11.4. The predicted octanol–water partition coefficient (Wildman–Crippen LogP) is 2.28. The Morgan fingerprint density at radius 2 is 2.06 bits per heavy atom. The SMILES string of the molecule is N#Cc1ccccc1Nc1ccnc(N)c1. The number of benzene rings is 1. The van der Waals surface area contributed by atoms with Gasteiger partial charge in [0, 0.05) is 18.0 Å². The van der Waals surface area contributed by atoms with Gasteiger partial charge in [0.25, 0.3) is 0 Å². The van der Waals surface area contributed by atoms with Crippen molar-refractivity contribution in [1.29, 1.82) is 5.26 Å². The summed E-state index contributed by atoms with van der Waals surface area (Å²) < 4.78 is 0. The van der Waals surface area contributed by atoms with Gasteiger partial charge in [-0.1, -0.05) is 12.1 Å². The van der Waals surface area contributed by atoms with E-state index in [-0.39, 0.29) is 0 Å². The van der Waals surface area contributed by atoms with Crippen molar-refractivity contribution in [3.8, 4) is 6.07 Å². The first-order valence-electron chi connectivity index (χ1n) is 4.77. The molecule has 0 bridgehead atoms.